The zero-order chi connectivity index (χ0) is 12.8. The molecule has 0 fully saturated rings. The van der Waals surface area contributed by atoms with Crippen molar-refractivity contribution in [2.24, 2.45) is 0 Å². The van der Waals surface area contributed by atoms with Crippen LogP contribution in [0.3, 0.4) is 0 Å². The number of carbonyl (C=O) groups is 1. The minimum absolute atomic E-state index is 0.0144. The van der Waals surface area contributed by atoms with Crippen LogP contribution in [-0.4, -0.2) is 40.2 Å². The smallest absolute Gasteiger partial charge is 0.270 e. The summed E-state index contributed by atoms with van der Waals surface area (Å²) < 4.78 is 12.6. The van der Waals surface area contributed by atoms with Gasteiger partial charge in [-0.25, -0.2) is 9.37 Å². The first-order valence-corrected chi connectivity index (χ1v) is 6.43. The number of rotatable bonds is 5. The second-order valence-electron chi connectivity index (χ2n) is 3.58. The first kappa shape index (κ1) is 13.9. The van der Waals surface area contributed by atoms with Crippen LogP contribution in [0.1, 0.15) is 17.4 Å². The number of halogens is 1. The van der Waals surface area contributed by atoms with Crippen molar-refractivity contribution in [2.75, 3.05) is 12.9 Å². The number of aliphatic hydroxyl groups is 1. The van der Waals surface area contributed by atoms with Crippen molar-refractivity contribution in [1.29, 1.82) is 0 Å². The van der Waals surface area contributed by atoms with Crippen LogP contribution in [-0.2, 0) is 0 Å². The summed E-state index contributed by atoms with van der Waals surface area (Å²) in [6.45, 7) is 1.79. The van der Waals surface area contributed by atoms with Crippen LogP contribution < -0.4 is 5.32 Å². The standard InChI is InChI=1S/C11H15FN2O2S/c1-7(10(6-15)17-2)14-11(16)9-4-3-8(12)5-13-9/h3-5,7,10,15H,6H2,1-2H3,(H,14,16). The van der Waals surface area contributed by atoms with E-state index in [4.69, 9.17) is 5.11 Å². The third-order valence-corrected chi connectivity index (χ3v) is 3.52. The van der Waals surface area contributed by atoms with Gasteiger partial charge in [-0.1, -0.05) is 0 Å². The predicted molar refractivity (Wildman–Crippen MR) is 65.5 cm³/mol. The van der Waals surface area contributed by atoms with Crippen molar-refractivity contribution in [3.8, 4) is 0 Å². The number of thioether (sulfide) groups is 1. The number of carbonyl (C=O) groups excluding carboxylic acids is 1. The number of aliphatic hydroxyl groups excluding tert-OH is 1. The number of pyridine rings is 1. The molecule has 2 unspecified atom stereocenters. The second kappa shape index (κ2) is 6.56. The Bertz CT molecular complexity index is 368. The number of hydrogen-bond acceptors (Lipinski definition) is 4. The van der Waals surface area contributed by atoms with Crippen molar-refractivity contribution in [2.45, 2.75) is 18.2 Å². The minimum Gasteiger partial charge on any atom is -0.395 e. The van der Waals surface area contributed by atoms with E-state index in [1.807, 2.05) is 6.26 Å². The summed E-state index contributed by atoms with van der Waals surface area (Å²) in [5, 5.41) is 11.7. The normalized spacial score (nSPS) is 14.1. The van der Waals surface area contributed by atoms with Gasteiger partial charge in [0, 0.05) is 11.3 Å². The van der Waals surface area contributed by atoms with Gasteiger partial charge in [-0.15, -0.1) is 0 Å². The average Bonchev–Trinajstić information content (AvgIpc) is 2.31. The Hall–Kier alpha value is -1.14. The van der Waals surface area contributed by atoms with Gasteiger partial charge in [0.1, 0.15) is 11.5 Å². The van der Waals surface area contributed by atoms with Crippen LogP contribution >= 0.6 is 11.8 Å². The van der Waals surface area contributed by atoms with Crippen LogP contribution in [0, 0.1) is 5.82 Å². The van der Waals surface area contributed by atoms with E-state index in [9.17, 15) is 9.18 Å². The van der Waals surface area contributed by atoms with Crippen LogP contribution in [0.4, 0.5) is 4.39 Å². The minimum atomic E-state index is -0.480. The van der Waals surface area contributed by atoms with E-state index in [2.05, 4.69) is 10.3 Å². The van der Waals surface area contributed by atoms with Gasteiger partial charge in [-0.05, 0) is 25.3 Å². The molecule has 0 aromatic carbocycles. The molecule has 0 aliphatic heterocycles. The van der Waals surface area contributed by atoms with E-state index < -0.39 is 5.82 Å². The molecule has 6 heteroatoms. The fourth-order valence-electron chi connectivity index (χ4n) is 1.32. The van der Waals surface area contributed by atoms with E-state index in [0.717, 1.165) is 6.20 Å². The van der Waals surface area contributed by atoms with E-state index in [1.54, 1.807) is 6.92 Å². The Morgan fingerprint density at radius 2 is 2.35 bits per heavy atom. The zero-order valence-corrected chi connectivity index (χ0v) is 10.5. The molecule has 0 saturated carbocycles. The molecule has 2 N–H and O–H groups in total. The van der Waals surface area contributed by atoms with Gasteiger partial charge in [0.2, 0.25) is 0 Å². The molecule has 0 spiro atoms. The summed E-state index contributed by atoms with van der Waals surface area (Å²) in [6, 6.07) is 2.32. The molecule has 1 heterocycles. The maximum atomic E-state index is 12.6. The van der Waals surface area contributed by atoms with Gasteiger partial charge in [-0.3, -0.25) is 4.79 Å². The summed E-state index contributed by atoms with van der Waals surface area (Å²) in [6.07, 6.45) is 2.86. The fourth-order valence-corrected chi connectivity index (χ4v) is 1.95. The molecular formula is C11H15FN2O2S. The molecule has 94 valence electrons. The lowest BCUT2D eigenvalue weighted by atomic mass is 10.2. The lowest BCUT2D eigenvalue weighted by molar-refractivity contribution is 0.0931. The quantitative estimate of drug-likeness (QED) is 0.829. The SMILES string of the molecule is CSC(CO)C(C)NC(=O)c1ccc(F)cn1. The van der Waals surface area contributed by atoms with Crippen molar-refractivity contribution >= 4 is 17.7 Å². The summed E-state index contributed by atoms with van der Waals surface area (Å²) in [7, 11) is 0. The molecule has 2 atom stereocenters. The van der Waals surface area contributed by atoms with Gasteiger partial charge in [0.25, 0.3) is 5.91 Å². The third kappa shape index (κ3) is 3.98. The van der Waals surface area contributed by atoms with Crippen LogP contribution in [0.25, 0.3) is 0 Å². The summed E-state index contributed by atoms with van der Waals surface area (Å²) in [4.78, 5) is 15.4. The highest BCUT2D eigenvalue weighted by molar-refractivity contribution is 7.99. The average molecular weight is 258 g/mol. The topological polar surface area (TPSA) is 62.2 Å². The molecule has 0 saturated heterocycles. The van der Waals surface area contributed by atoms with Gasteiger partial charge >= 0.3 is 0 Å². The Morgan fingerprint density at radius 3 is 2.82 bits per heavy atom. The highest BCUT2D eigenvalue weighted by atomic mass is 32.2. The van der Waals surface area contributed by atoms with Crippen molar-refractivity contribution < 1.29 is 14.3 Å². The summed E-state index contributed by atoms with van der Waals surface area (Å²) in [5.41, 5.74) is 0.163. The number of aromatic nitrogens is 1. The number of amides is 1. The molecule has 0 aliphatic carbocycles. The molecule has 1 aromatic rings. The van der Waals surface area contributed by atoms with Crippen LogP contribution in [0.2, 0.25) is 0 Å². The van der Waals surface area contributed by atoms with E-state index in [0.29, 0.717) is 0 Å². The van der Waals surface area contributed by atoms with E-state index in [1.165, 1.54) is 23.9 Å². The lowest BCUT2D eigenvalue weighted by Crippen LogP contribution is -2.41. The zero-order valence-electron chi connectivity index (χ0n) is 9.68. The third-order valence-electron chi connectivity index (χ3n) is 2.36. The molecule has 1 rings (SSSR count). The van der Waals surface area contributed by atoms with Crippen molar-refractivity contribution in [1.82, 2.24) is 10.3 Å². The molecule has 0 radical (unpaired) electrons. The fraction of sp³-hybridized carbons (Fsp3) is 0.455. The molecule has 1 amide bonds. The molecule has 0 aliphatic rings. The first-order valence-electron chi connectivity index (χ1n) is 5.14. The number of nitrogens with zero attached hydrogens (tertiary/aromatic N) is 1. The Labute approximate surface area is 104 Å². The maximum absolute atomic E-state index is 12.6. The second-order valence-corrected chi connectivity index (χ2v) is 4.66. The molecule has 1 aromatic heterocycles. The largest absolute Gasteiger partial charge is 0.395 e. The Kier molecular flexibility index (Phi) is 5.37. The van der Waals surface area contributed by atoms with E-state index >= 15 is 0 Å². The van der Waals surface area contributed by atoms with E-state index in [-0.39, 0.29) is 29.5 Å². The van der Waals surface area contributed by atoms with Gasteiger partial charge < -0.3 is 10.4 Å². The van der Waals surface area contributed by atoms with Crippen LogP contribution in [0.5, 0.6) is 0 Å². The summed E-state index contributed by atoms with van der Waals surface area (Å²) in [5.74, 6) is -0.850. The lowest BCUT2D eigenvalue weighted by Gasteiger charge is -2.20. The van der Waals surface area contributed by atoms with Crippen molar-refractivity contribution in [3.05, 3.63) is 29.8 Å². The Morgan fingerprint density at radius 1 is 1.65 bits per heavy atom. The molecule has 4 nitrogen and oxygen atoms in total. The van der Waals surface area contributed by atoms with Gasteiger partial charge in [0.15, 0.2) is 0 Å². The molecular weight excluding hydrogens is 243 g/mol. The highest BCUT2D eigenvalue weighted by Crippen LogP contribution is 2.10. The molecule has 17 heavy (non-hydrogen) atoms. The maximum Gasteiger partial charge on any atom is 0.270 e. The number of nitrogens with one attached hydrogen (secondary N) is 1. The van der Waals surface area contributed by atoms with Gasteiger partial charge in [-0.2, -0.15) is 11.8 Å². The van der Waals surface area contributed by atoms with Crippen molar-refractivity contribution in [3.63, 3.8) is 0 Å². The van der Waals surface area contributed by atoms with Gasteiger partial charge in [0.05, 0.1) is 12.8 Å². The first-order chi connectivity index (χ1) is 8.08. The number of hydrogen-bond donors (Lipinski definition) is 2. The summed E-state index contributed by atoms with van der Waals surface area (Å²) >= 11 is 1.47. The van der Waals surface area contributed by atoms with Crippen LogP contribution in [0.15, 0.2) is 18.3 Å². The predicted octanol–water partition coefficient (Wildman–Crippen LogP) is 1.06. The molecule has 0 bridgehead atoms. The Balaban J connectivity index is 2.62. The monoisotopic (exact) mass is 258 g/mol. The highest BCUT2D eigenvalue weighted by Gasteiger charge is 2.18.